The lowest BCUT2D eigenvalue weighted by Gasteiger charge is -2.14. The van der Waals surface area contributed by atoms with Crippen molar-refractivity contribution in [2.24, 2.45) is 0 Å². The third kappa shape index (κ3) is 4.03. The third-order valence-electron chi connectivity index (χ3n) is 5.02. The van der Waals surface area contributed by atoms with E-state index in [0.717, 1.165) is 27.9 Å². The maximum atomic E-state index is 12.4. The van der Waals surface area contributed by atoms with E-state index in [-0.39, 0.29) is 18.6 Å². The molecule has 152 valence electrons. The minimum atomic E-state index is -0.196. The summed E-state index contributed by atoms with van der Waals surface area (Å²) in [5.74, 6) is 0.207. The van der Waals surface area contributed by atoms with E-state index >= 15 is 0 Å². The summed E-state index contributed by atoms with van der Waals surface area (Å²) in [5.41, 5.74) is 4.59. The highest BCUT2D eigenvalue weighted by Gasteiger charge is 2.16. The van der Waals surface area contributed by atoms with Crippen molar-refractivity contribution in [2.45, 2.75) is 26.8 Å². The quantitative estimate of drug-likeness (QED) is 0.524. The maximum absolute atomic E-state index is 12.4. The molecule has 2 aromatic carbocycles. The number of carbonyl (C=O) groups is 1. The number of carbonyl (C=O) groups excluding carboxylic acids is 1. The Morgan fingerprint density at radius 2 is 1.73 bits per heavy atom. The van der Waals surface area contributed by atoms with Gasteiger partial charge >= 0.3 is 0 Å². The predicted molar refractivity (Wildman–Crippen MR) is 117 cm³/mol. The average molecular weight is 400 g/mol. The molecular weight excluding hydrogens is 376 g/mol. The van der Waals surface area contributed by atoms with Gasteiger partial charge in [-0.15, -0.1) is 0 Å². The molecule has 2 heterocycles. The first-order valence-electron chi connectivity index (χ1n) is 9.92. The van der Waals surface area contributed by atoms with Crippen molar-refractivity contribution < 1.29 is 9.53 Å². The Labute approximate surface area is 175 Å². The Balaban J connectivity index is 1.53. The molecule has 4 aromatic rings. The van der Waals surface area contributed by atoms with E-state index in [2.05, 4.69) is 15.4 Å². The zero-order valence-corrected chi connectivity index (χ0v) is 17.3. The number of para-hydroxylation sites is 1. The molecule has 0 radical (unpaired) electrons. The van der Waals surface area contributed by atoms with E-state index in [0.29, 0.717) is 11.5 Å². The van der Waals surface area contributed by atoms with E-state index in [1.54, 1.807) is 0 Å². The molecule has 6 heteroatoms. The van der Waals surface area contributed by atoms with Gasteiger partial charge in [0.25, 0.3) is 5.91 Å². The molecule has 1 amide bonds. The standard InChI is InChI=1S/C24H24N4O2/c1-16-14-22(30-15-21(29)25-17(2)19-10-6-4-7-11-19)26-24-23(16)18(3)27-28(24)20-12-8-5-9-13-20/h4-14,17H,15H2,1-3H3,(H,25,29)/t17-/m0/s1. The predicted octanol–water partition coefficient (Wildman–Crippen LogP) is 4.29. The van der Waals surface area contributed by atoms with E-state index in [1.165, 1.54) is 0 Å². The lowest BCUT2D eigenvalue weighted by atomic mass is 10.1. The van der Waals surface area contributed by atoms with Crippen LogP contribution >= 0.6 is 0 Å². The van der Waals surface area contributed by atoms with Crippen LogP contribution < -0.4 is 10.1 Å². The van der Waals surface area contributed by atoms with Crippen molar-refractivity contribution >= 4 is 16.9 Å². The molecule has 0 bridgehead atoms. The highest BCUT2D eigenvalue weighted by Crippen LogP contribution is 2.26. The Bertz CT molecular complexity index is 1170. The van der Waals surface area contributed by atoms with Crippen molar-refractivity contribution in [3.8, 4) is 11.6 Å². The number of amides is 1. The monoisotopic (exact) mass is 400 g/mol. The Hall–Kier alpha value is -3.67. The number of pyridine rings is 1. The Kier molecular flexibility index (Phi) is 5.48. The maximum Gasteiger partial charge on any atom is 0.258 e. The highest BCUT2D eigenvalue weighted by molar-refractivity contribution is 5.84. The van der Waals surface area contributed by atoms with Crippen molar-refractivity contribution in [1.82, 2.24) is 20.1 Å². The molecule has 1 atom stereocenters. The Morgan fingerprint density at radius 3 is 2.43 bits per heavy atom. The van der Waals surface area contributed by atoms with E-state index in [4.69, 9.17) is 4.74 Å². The second-order valence-electron chi connectivity index (χ2n) is 7.30. The number of aryl methyl sites for hydroxylation is 2. The van der Waals surface area contributed by atoms with Crippen LogP contribution in [0.25, 0.3) is 16.7 Å². The molecule has 1 N–H and O–H groups in total. The molecule has 0 spiro atoms. The number of ether oxygens (including phenoxy) is 1. The number of benzene rings is 2. The number of nitrogens with zero attached hydrogens (tertiary/aromatic N) is 3. The fraction of sp³-hybridized carbons (Fsp3) is 0.208. The average Bonchev–Trinajstić information content (AvgIpc) is 3.10. The second-order valence-corrected chi connectivity index (χ2v) is 7.30. The van der Waals surface area contributed by atoms with Crippen LogP contribution in [0.15, 0.2) is 66.7 Å². The molecule has 2 aromatic heterocycles. The van der Waals surface area contributed by atoms with Gasteiger partial charge in [-0.2, -0.15) is 10.1 Å². The second kappa shape index (κ2) is 8.37. The largest absolute Gasteiger partial charge is 0.468 e. The summed E-state index contributed by atoms with van der Waals surface area (Å²) in [6, 6.07) is 21.4. The van der Waals surface area contributed by atoms with Crippen LogP contribution in [-0.4, -0.2) is 27.3 Å². The summed E-state index contributed by atoms with van der Waals surface area (Å²) in [6.07, 6.45) is 0. The number of hydrogen-bond donors (Lipinski definition) is 1. The molecule has 0 aliphatic heterocycles. The molecule has 0 fully saturated rings. The number of aromatic nitrogens is 3. The van der Waals surface area contributed by atoms with Gasteiger partial charge in [0.05, 0.1) is 17.4 Å². The molecule has 0 unspecified atom stereocenters. The van der Waals surface area contributed by atoms with Gasteiger partial charge in [0.15, 0.2) is 12.3 Å². The van der Waals surface area contributed by atoms with E-state index in [1.807, 2.05) is 92.2 Å². The van der Waals surface area contributed by atoms with Gasteiger partial charge in [-0.25, -0.2) is 4.68 Å². The van der Waals surface area contributed by atoms with Crippen LogP contribution in [0, 0.1) is 13.8 Å². The summed E-state index contributed by atoms with van der Waals surface area (Å²) >= 11 is 0. The van der Waals surface area contributed by atoms with Crippen molar-refractivity contribution in [2.75, 3.05) is 6.61 Å². The minimum absolute atomic E-state index is 0.0957. The normalized spacial score (nSPS) is 12.0. The first kappa shape index (κ1) is 19.6. The molecule has 6 nitrogen and oxygen atoms in total. The van der Waals surface area contributed by atoms with Crippen LogP contribution in [-0.2, 0) is 4.79 Å². The van der Waals surface area contributed by atoms with Crippen LogP contribution in [0.3, 0.4) is 0 Å². The summed E-state index contributed by atoms with van der Waals surface area (Å²) in [6.45, 7) is 5.81. The topological polar surface area (TPSA) is 69.0 Å². The summed E-state index contributed by atoms with van der Waals surface area (Å²) in [4.78, 5) is 17.0. The lowest BCUT2D eigenvalue weighted by molar-refractivity contribution is -0.123. The highest BCUT2D eigenvalue weighted by atomic mass is 16.5. The third-order valence-corrected chi connectivity index (χ3v) is 5.02. The van der Waals surface area contributed by atoms with Crippen LogP contribution in [0.1, 0.15) is 29.8 Å². The molecule has 30 heavy (non-hydrogen) atoms. The lowest BCUT2D eigenvalue weighted by Crippen LogP contribution is -2.31. The first-order valence-corrected chi connectivity index (χ1v) is 9.92. The van der Waals surface area contributed by atoms with Crippen molar-refractivity contribution in [1.29, 1.82) is 0 Å². The minimum Gasteiger partial charge on any atom is -0.468 e. The first-order chi connectivity index (χ1) is 14.5. The van der Waals surface area contributed by atoms with Gasteiger partial charge < -0.3 is 10.1 Å². The van der Waals surface area contributed by atoms with Crippen molar-refractivity contribution in [3.05, 3.63) is 83.6 Å². The van der Waals surface area contributed by atoms with Crippen LogP contribution in [0.4, 0.5) is 0 Å². The number of fused-ring (bicyclic) bond motifs is 1. The number of nitrogens with one attached hydrogen (secondary N) is 1. The van der Waals surface area contributed by atoms with E-state index in [9.17, 15) is 4.79 Å². The summed E-state index contributed by atoms with van der Waals surface area (Å²) in [5, 5.41) is 8.59. The molecule has 0 aliphatic rings. The number of rotatable bonds is 6. The van der Waals surface area contributed by atoms with Gasteiger partial charge in [-0.05, 0) is 44.0 Å². The van der Waals surface area contributed by atoms with Gasteiger partial charge in [-0.3, -0.25) is 4.79 Å². The summed E-state index contributed by atoms with van der Waals surface area (Å²) < 4.78 is 7.54. The molecule has 0 saturated carbocycles. The zero-order valence-electron chi connectivity index (χ0n) is 17.3. The van der Waals surface area contributed by atoms with Gasteiger partial charge in [0.1, 0.15) is 0 Å². The van der Waals surface area contributed by atoms with Crippen molar-refractivity contribution in [3.63, 3.8) is 0 Å². The van der Waals surface area contributed by atoms with Gasteiger partial charge in [0, 0.05) is 11.5 Å². The van der Waals surface area contributed by atoms with Crippen LogP contribution in [0.5, 0.6) is 5.88 Å². The molecule has 0 saturated heterocycles. The molecule has 4 rings (SSSR count). The fourth-order valence-corrected chi connectivity index (χ4v) is 3.54. The smallest absolute Gasteiger partial charge is 0.258 e. The SMILES string of the molecule is Cc1cc(OCC(=O)N[C@@H](C)c2ccccc2)nc2c1c(C)nn2-c1ccccc1. The van der Waals surface area contributed by atoms with Gasteiger partial charge in [-0.1, -0.05) is 48.5 Å². The van der Waals surface area contributed by atoms with Crippen LogP contribution in [0.2, 0.25) is 0 Å². The van der Waals surface area contributed by atoms with E-state index < -0.39 is 0 Å². The molecular formula is C24H24N4O2. The fourth-order valence-electron chi connectivity index (χ4n) is 3.54. The summed E-state index contributed by atoms with van der Waals surface area (Å²) in [7, 11) is 0. The Morgan fingerprint density at radius 1 is 1.07 bits per heavy atom. The molecule has 0 aliphatic carbocycles. The zero-order chi connectivity index (χ0) is 21.1. The number of hydrogen-bond acceptors (Lipinski definition) is 4. The van der Waals surface area contributed by atoms with Gasteiger partial charge in [0.2, 0.25) is 5.88 Å².